The number of hydrogen-bond acceptors (Lipinski definition) is 6. The van der Waals surface area contributed by atoms with E-state index in [1.165, 1.54) is 6.92 Å². The zero-order valence-corrected chi connectivity index (χ0v) is 17.4. The SMILES string of the molecule is CCOc1ccccc1NC(=O)C(C)OC(=O)CCCN1C(=O)c2ccccc2C1=O. The number of imide groups is 1. The van der Waals surface area contributed by atoms with Gasteiger partial charge in [-0.05, 0) is 44.5 Å². The average molecular weight is 424 g/mol. The molecule has 1 heterocycles. The van der Waals surface area contributed by atoms with E-state index in [2.05, 4.69) is 5.32 Å². The lowest BCUT2D eigenvalue weighted by Crippen LogP contribution is -2.32. The summed E-state index contributed by atoms with van der Waals surface area (Å²) >= 11 is 0. The minimum atomic E-state index is -1.01. The van der Waals surface area contributed by atoms with Crippen molar-refractivity contribution in [2.24, 2.45) is 0 Å². The Morgan fingerprint density at radius 2 is 1.61 bits per heavy atom. The molecule has 0 fully saturated rings. The van der Waals surface area contributed by atoms with Crippen molar-refractivity contribution in [1.82, 2.24) is 4.90 Å². The van der Waals surface area contributed by atoms with Gasteiger partial charge in [-0.3, -0.25) is 24.1 Å². The van der Waals surface area contributed by atoms with Crippen LogP contribution in [0.15, 0.2) is 48.5 Å². The quantitative estimate of drug-likeness (QED) is 0.490. The molecule has 1 N–H and O–H groups in total. The minimum absolute atomic E-state index is 0.0272. The van der Waals surface area contributed by atoms with Crippen molar-refractivity contribution < 1.29 is 28.7 Å². The second kappa shape index (κ2) is 9.88. The van der Waals surface area contributed by atoms with Crippen LogP contribution in [0.3, 0.4) is 0 Å². The van der Waals surface area contributed by atoms with Crippen molar-refractivity contribution in [3.8, 4) is 5.75 Å². The fourth-order valence-corrected chi connectivity index (χ4v) is 3.22. The maximum Gasteiger partial charge on any atom is 0.306 e. The molecule has 3 amide bonds. The summed E-state index contributed by atoms with van der Waals surface area (Å²) in [6.45, 7) is 3.86. The number of benzene rings is 2. The van der Waals surface area contributed by atoms with Crippen molar-refractivity contribution in [1.29, 1.82) is 0 Å². The van der Waals surface area contributed by atoms with E-state index in [-0.39, 0.29) is 31.2 Å². The summed E-state index contributed by atoms with van der Waals surface area (Å²) in [5.74, 6) is -1.28. The molecule has 1 unspecified atom stereocenters. The third kappa shape index (κ3) is 5.09. The van der Waals surface area contributed by atoms with E-state index in [4.69, 9.17) is 9.47 Å². The number of carbonyl (C=O) groups is 4. The molecule has 0 radical (unpaired) electrons. The standard InChI is InChI=1S/C23H24N2O6/c1-3-30-19-12-7-6-11-18(19)24-21(27)15(2)31-20(26)13-8-14-25-22(28)16-9-4-5-10-17(16)23(25)29/h4-7,9-12,15H,3,8,13-14H2,1-2H3,(H,24,27). The van der Waals surface area contributed by atoms with Gasteiger partial charge < -0.3 is 14.8 Å². The highest BCUT2D eigenvalue weighted by atomic mass is 16.5. The highest BCUT2D eigenvalue weighted by Gasteiger charge is 2.34. The van der Waals surface area contributed by atoms with Gasteiger partial charge in [0.1, 0.15) is 5.75 Å². The van der Waals surface area contributed by atoms with Crippen LogP contribution in [0.2, 0.25) is 0 Å². The third-order valence-electron chi connectivity index (χ3n) is 4.76. The van der Waals surface area contributed by atoms with Crippen LogP contribution in [0.25, 0.3) is 0 Å². The van der Waals surface area contributed by atoms with Crippen molar-refractivity contribution in [2.75, 3.05) is 18.5 Å². The van der Waals surface area contributed by atoms with Crippen LogP contribution >= 0.6 is 0 Å². The molecule has 0 aliphatic carbocycles. The molecule has 162 valence electrons. The summed E-state index contributed by atoms with van der Waals surface area (Å²) in [6, 6.07) is 13.6. The number of hydrogen-bond donors (Lipinski definition) is 1. The Labute approximate surface area is 180 Å². The van der Waals surface area contributed by atoms with Gasteiger partial charge in [0.05, 0.1) is 23.4 Å². The Bertz CT molecular complexity index is 968. The number of rotatable bonds is 9. The Hall–Kier alpha value is -3.68. The highest BCUT2D eigenvalue weighted by Crippen LogP contribution is 2.24. The number of para-hydroxylation sites is 2. The predicted octanol–water partition coefficient (Wildman–Crippen LogP) is 3.03. The number of carbonyl (C=O) groups excluding carboxylic acids is 4. The third-order valence-corrected chi connectivity index (χ3v) is 4.76. The van der Waals surface area contributed by atoms with E-state index in [9.17, 15) is 19.2 Å². The molecule has 3 rings (SSSR count). The summed E-state index contributed by atoms with van der Waals surface area (Å²) in [7, 11) is 0. The monoisotopic (exact) mass is 424 g/mol. The van der Waals surface area contributed by atoms with Gasteiger partial charge in [-0.15, -0.1) is 0 Å². The molecule has 0 saturated heterocycles. The maximum absolute atomic E-state index is 12.4. The van der Waals surface area contributed by atoms with Crippen LogP contribution < -0.4 is 10.1 Å². The summed E-state index contributed by atoms with van der Waals surface area (Å²) in [5.41, 5.74) is 1.23. The highest BCUT2D eigenvalue weighted by molar-refractivity contribution is 6.21. The Kier molecular flexibility index (Phi) is 7.02. The number of ether oxygens (including phenoxy) is 2. The molecule has 0 aromatic heterocycles. The van der Waals surface area contributed by atoms with E-state index in [1.54, 1.807) is 48.5 Å². The molecule has 2 aromatic rings. The number of nitrogens with zero attached hydrogens (tertiary/aromatic N) is 1. The lowest BCUT2D eigenvalue weighted by atomic mass is 10.1. The van der Waals surface area contributed by atoms with E-state index in [0.717, 1.165) is 4.90 Å². The number of fused-ring (bicyclic) bond motifs is 1. The minimum Gasteiger partial charge on any atom is -0.492 e. The van der Waals surface area contributed by atoms with E-state index >= 15 is 0 Å². The summed E-state index contributed by atoms with van der Waals surface area (Å²) < 4.78 is 10.6. The van der Waals surface area contributed by atoms with Crippen LogP contribution in [0.5, 0.6) is 5.75 Å². The van der Waals surface area contributed by atoms with Gasteiger partial charge >= 0.3 is 5.97 Å². The topological polar surface area (TPSA) is 102 Å². The van der Waals surface area contributed by atoms with Crippen LogP contribution in [0, 0.1) is 0 Å². The van der Waals surface area contributed by atoms with Crippen molar-refractivity contribution in [3.05, 3.63) is 59.7 Å². The van der Waals surface area contributed by atoms with Crippen LogP contribution in [0.1, 0.15) is 47.4 Å². The van der Waals surface area contributed by atoms with Gasteiger partial charge in [0.15, 0.2) is 6.10 Å². The molecule has 1 aliphatic heterocycles. The zero-order chi connectivity index (χ0) is 22.4. The Balaban J connectivity index is 1.46. The fourth-order valence-electron chi connectivity index (χ4n) is 3.22. The lowest BCUT2D eigenvalue weighted by molar-refractivity contribution is -0.153. The molecule has 31 heavy (non-hydrogen) atoms. The zero-order valence-electron chi connectivity index (χ0n) is 17.4. The molecular weight excluding hydrogens is 400 g/mol. The molecular formula is C23H24N2O6. The Morgan fingerprint density at radius 1 is 1.00 bits per heavy atom. The van der Waals surface area contributed by atoms with Gasteiger partial charge in [-0.25, -0.2) is 0 Å². The Morgan fingerprint density at radius 3 is 2.26 bits per heavy atom. The van der Waals surface area contributed by atoms with Crippen LogP contribution in [-0.4, -0.2) is 47.8 Å². The van der Waals surface area contributed by atoms with E-state index < -0.39 is 18.0 Å². The smallest absolute Gasteiger partial charge is 0.306 e. The van der Waals surface area contributed by atoms with Gasteiger partial charge in [0.25, 0.3) is 17.7 Å². The van der Waals surface area contributed by atoms with Gasteiger partial charge in [0.2, 0.25) is 0 Å². The molecule has 0 saturated carbocycles. The number of nitrogens with one attached hydrogen (secondary N) is 1. The second-order valence-corrected chi connectivity index (χ2v) is 6.96. The van der Waals surface area contributed by atoms with Crippen LogP contribution in [-0.2, 0) is 14.3 Å². The second-order valence-electron chi connectivity index (χ2n) is 6.96. The average Bonchev–Trinajstić information content (AvgIpc) is 3.00. The molecule has 2 aromatic carbocycles. The van der Waals surface area contributed by atoms with Gasteiger partial charge in [-0.1, -0.05) is 24.3 Å². The fraction of sp³-hybridized carbons (Fsp3) is 0.304. The van der Waals surface area contributed by atoms with Gasteiger partial charge in [-0.2, -0.15) is 0 Å². The predicted molar refractivity (Wildman–Crippen MR) is 113 cm³/mol. The largest absolute Gasteiger partial charge is 0.492 e. The normalized spacial score (nSPS) is 13.5. The number of anilines is 1. The molecule has 1 atom stereocenters. The maximum atomic E-state index is 12.4. The number of esters is 1. The van der Waals surface area contributed by atoms with Crippen LogP contribution in [0.4, 0.5) is 5.69 Å². The summed E-state index contributed by atoms with van der Waals surface area (Å²) in [5, 5.41) is 2.68. The van der Waals surface area contributed by atoms with Gasteiger partial charge in [0, 0.05) is 13.0 Å². The van der Waals surface area contributed by atoms with Crippen molar-refractivity contribution in [2.45, 2.75) is 32.8 Å². The molecule has 0 bridgehead atoms. The molecule has 8 nitrogen and oxygen atoms in total. The lowest BCUT2D eigenvalue weighted by Gasteiger charge is -2.16. The molecule has 8 heteroatoms. The summed E-state index contributed by atoms with van der Waals surface area (Å²) in [6.07, 6.45) is -0.798. The van der Waals surface area contributed by atoms with Crippen molar-refractivity contribution >= 4 is 29.4 Å². The first-order valence-corrected chi connectivity index (χ1v) is 10.1. The molecule has 0 spiro atoms. The first-order chi connectivity index (χ1) is 14.9. The summed E-state index contributed by atoms with van der Waals surface area (Å²) in [4.78, 5) is 50.2. The molecule has 1 aliphatic rings. The first kappa shape index (κ1) is 22.0. The van der Waals surface area contributed by atoms with Crippen molar-refractivity contribution in [3.63, 3.8) is 0 Å². The first-order valence-electron chi connectivity index (χ1n) is 10.1. The van der Waals surface area contributed by atoms with E-state index in [1.807, 2.05) is 6.92 Å². The van der Waals surface area contributed by atoms with E-state index in [0.29, 0.717) is 29.2 Å². The number of amides is 3.